The largest absolute Gasteiger partial charge is 0.427 e. The summed E-state index contributed by atoms with van der Waals surface area (Å²) in [7, 11) is 0. The van der Waals surface area contributed by atoms with E-state index >= 15 is 0 Å². The minimum Gasteiger partial charge on any atom is -0.427 e. The first-order valence-electron chi connectivity index (χ1n) is 8.91. The normalized spacial score (nSPS) is 18.3. The number of carbonyl (C=O) groups excluding carboxylic acids is 3. The average Bonchev–Trinajstić information content (AvgIpc) is 3.15. The van der Waals surface area contributed by atoms with E-state index in [1.54, 1.807) is 29.2 Å². The van der Waals surface area contributed by atoms with Gasteiger partial charge in [0.15, 0.2) is 0 Å². The molecular formula is C19H24N2O4. The Kier molecular flexibility index (Phi) is 5.36. The number of ether oxygens (including phenoxy) is 1. The summed E-state index contributed by atoms with van der Waals surface area (Å²) in [4.78, 5) is 39.8. The molecule has 1 aromatic rings. The zero-order chi connectivity index (χ0) is 17.8. The molecule has 1 aliphatic carbocycles. The van der Waals surface area contributed by atoms with Crippen LogP contribution < -0.4 is 4.74 Å². The average molecular weight is 344 g/mol. The number of hydrogen-bond acceptors (Lipinski definition) is 4. The fraction of sp³-hybridized carbons (Fsp3) is 0.526. The van der Waals surface area contributed by atoms with E-state index in [-0.39, 0.29) is 17.7 Å². The lowest BCUT2D eigenvalue weighted by atomic mass is 10.1. The molecule has 0 atom stereocenters. The third kappa shape index (κ3) is 4.18. The van der Waals surface area contributed by atoms with Crippen molar-refractivity contribution in [1.82, 2.24) is 9.80 Å². The molecule has 1 aliphatic heterocycles. The monoisotopic (exact) mass is 344 g/mol. The van der Waals surface area contributed by atoms with Crippen molar-refractivity contribution in [3.8, 4) is 5.75 Å². The maximum atomic E-state index is 12.7. The Morgan fingerprint density at radius 2 is 1.64 bits per heavy atom. The van der Waals surface area contributed by atoms with Crippen LogP contribution in [-0.2, 0) is 9.59 Å². The highest BCUT2D eigenvalue weighted by molar-refractivity contribution is 5.95. The standard InChI is InChI=1S/C19H24N2O4/c1-14(22)25-17-8-4-7-16(13-17)19(24)21-11-9-20(10-12-21)18(23)15-5-2-3-6-15/h4,7-8,13,15H,2-3,5-6,9-12H2,1H3. The van der Waals surface area contributed by atoms with Crippen molar-refractivity contribution >= 4 is 17.8 Å². The number of hydrogen-bond donors (Lipinski definition) is 0. The quantitative estimate of drug-likeness (QED) is 0.622. The summed E-state index contributed by atoms with van der Waals surface area (Å²) >= 11 is 0. The molecule has 0 radical (unpaired) electrons. The van der Waals surface area contributed by atoms with Crippen LogP contribution in [0.5, 0.6) is 5.75 Å². The number of amides is 2. The summed E-state index contributed by atoms with van der Waals surface area (Å²) in [6, 6.07) is 6.65. The Morgan fingerprint density at radius 1 is 1.00 bits per heavy atom. The second-order valence-corrected chi connectivity index (χ2v) is 6.72. The Bertz CT molecular complexity index is 659. The molecular weight excluding hydrogens is 320 g/mol. The van der Waals surface area contributed by atoms with Gasteiger partial charge in [0.2, 0.25) is 5.91 Å². The van der Waals surface area contributed by atoms with E-state index in [1.165, 1.54) is 6.92 Å². The van der Waals surface area contributed by atoms with Gasteiger partial charge >= 0.3 is 5.97 Å². The summed E-state index contributed by atoms with van der Waals surface area (Å²) in [5, 5.41) is 0. The molecule has 3 rings (SSSR count). The molecule has 134 valence electrons. The number of nitrogens with zero attached hydrogens (tertiary/aromatic N) is 2. The number of esters is 1. The van der Waals surface area contributed by atoms with E-state index < -0.39 is 5.97 Å². The van der Waals surface area contributed by atoms with Gasteiger partial charge in [-0.05, 0) is 31.0 Å². The van der Waals surface area contributed by atoms with Crippen LogP contribution in [0.4, 0.5) is 0 Å². The molecule has 1 saturated carbocycles. The fourth-order valence-electron chi connectivity index (χ4n) is 3.60. The first kappa shape index (κ1) is 17.5. The number of piperazine rings is 1. The molecule has 0 bridgehead atoms. The third-order valence-corrected chi connectivity index (χ3v) is 4.93. The summed E-state index contributed by atoms with van der Waals surface area (Å²) in [5.41, 5.74) is 0.495. The molecule has 2 aliphatic rings. The van der Waals surface area contributed by atoms with Gasteiger partial charge < -0.3 is 14.5 Å². The van der Waals surface area contributed by atoms with E-state index in [0.29, 0.717) is 37.5 Å². The van der Waals surface area contributed by atoms with Crippen molar-refractivity contribution in [2.24, 2.45) is 5.92 Å². The highest BCUT2D eigenvalue weighted by Gasteiger charge is 2.30. The molecule has 1 aromatic carbocycles. The molecule has 0 unspecified atom stereocenters. The Labute approximate surface area is 147 Å². The fourth-order valence-corrected chi connectivity index (χ4v) is 3.60. The van der Waals surface area contributed by atoms with Gasteiger partial charge in [0, 0.05) is 44.6 Å². The first-order chi connectivity index (χ1) is 12.0. The minimum atomic E-state index is -0.413. The van der Waals surface area contributed by atoms with E-state index in [0.717, 1.165) is 25.7 Å². The van der Waals surface area contributed by atoms with Gasteiger partial charge in [-0.2, -0.15) is 0 Å². The van der Waals surface area contributed by atoms with Gasteiger partial charge in [0.25, 0.3) is 5.91 Å². The molecule has 0 spiro atoms. The maximum Gasteiger partial charge on any atom is 0.308 e. The lowest BCUT2D eigenvalue weighted by Crippen LogP contribution is -2.51. The predicted octanol–water partition coefficient (Wildman–Crippen LogP) is 2.09. The van der Waals surface area contributed by atoms with Crippen molar-refractivity contribution in [2.45, 2.75) is 32.6 Å². The van der Waals surface area contributed by atoms with Gasteiger partial charge in [0.1, 0.15) is 5.75 Å². The highest BCUT2D eigenvalue weighted by Crippen LogP contribution is 2.27. The van der Waals surface area contributed by atoms with Gasteiger partial charge in [-0.25, -0.2) is 0 Å². The molecule has 2 amide bonds. The Hall–Kier alpha value is -2.37. The third-order valence-electron chi connectivity index (χ3n) is 4.93. The highest BCUT2D eigenvalue weighted by atomic mass is 16.5. The molecule has 1 saturated heterocycles. The first-order valence-corrected chi connectivity index (χ1v) is 8.91. The Balaban J connectivity index is 1.58. The lowest BCUT2D eigenvalue weighted by Gasteiger charge is -2.36. The van der Waals surface area contributed by atoms with Crippen molar-refractivity contribution in [3.63, 3.8) is 0 Å². The van der Waals surface area contributed by atoms with E-state index in [9.17, 15) is 14.4 Å². The van der Waals surface area contributed by atoms with Crippen LogP contribution in [0.1, 0.15) is 43.0 Å². The van der Waals surface area contributed by atoms with Gasteiger partial charge in [-0.15, -0.1) is 0 Å². The second kappa shape index (κ2) is 7.68. The molecule has 1 heterocycles. The van der Waals surface area contributed by atoms with Crippen molar-refractivity contribution in [2.75, 3.05) is 26.2 Å². The van der Waals surface area contributed by atoms with Crippen LogP contribution in [-0.4, -0.2) is 53.8 Å². The zero-order valence-electron chi connectivity index (χ0n) is 14.6. The zero-order valence-corrected chi connectivity index (χ0v) is 14.6. The van der Waals surface area contributed by atoms with Crippen LogP contribution >= 0.6 is 0 Å². The SMILES string of the molecule is CC(=O)Oc1cccc(C(=O)N2CCN(C(=O)C3CCCC3)CC2)c1. The van der Waals surface area contributed by atoms with Gasteiger partial charge in [-0.1, -0.05) is 18.9 Å². The number of benzene rings is 1. The van der Waals surface area contributed by atoms with Crippen molar-refractivity contribution in [1.29, 1.82) is 0 Å². The van der Waals surface area contributed by atoms with E-state index in [1.807, 2.05) is 4.90 Å². The van der Waals surface area contributed by atoms with Crippen LogP contribution in [0.25, 0.3) is 0 Å². The Morgan fingerprint density at radius 3 is 2.28 bits per heavy atom. The minimum absolute atomic E-state index is 0.0954. The summed E-state index contributed by atoms with van der Waals surface area (Å²) in [5.74, 6) is 0.295. The summed E-state index contributed by atoms with van der Waals surface area (Å²) in [6.45, 7) is 3.58. The van der Waals surface area contributed by atoms with Crippen molar-refractivity contribution in [3.05, 3.63) is 29.8 Å². The molecule has 2 fully saturated rings. The maximum absolute atomic E-state index is 12.7. The van der Waals surface area contributed by atoms with Gasteiger partial charge in [0.05, 0.1) is 0 Å². The van der Waals surface area contributed by atoms with Crippen LogP contribution in [0.2, 0.25) is 0 Å². The molecule has 6 heteroatoms. The van der Waals surface area contributed by atoms with Crippen LogP contribution in [0, 0.1) is 5.92 Å². The molecule has 25 heavy (non-hydrogen) atoms. The van der Waals surface area contributed by atoms with Crippen LogP contribution in [0.3, 0.4) is 0 Å². The summed E-state index contributed by atoms with van der Waals surface area (Å²) < 4.78 is 5.04. The van der Waals surface area contributed by atoms with E-state index in [2.05, 4.69) is 0 Å². The predicted molar refractivity (Wildman–Crippen MR) is 92.2 cm³/mol. The van der Waals surface area contributed by atoms with Gasteiger partial charge in [-0.3, -0.25) is 14.4 Å². The molecule has 0 N–H and O–H groups in total. The molecule has 6 nitrogen and oxygen atoms in total. The van der Waals surface area contributed by atoms with Crippen molar-refractivity contribution < 1.29 is 19.1 Å². The number of rotatable bonds is 3. The van der Waals surface area contributed by atoms with E-state index in [4.69, 9.17) is 4.74 Å². The number of carbonyl (C=O) groups is 3. The lowest BCUT2D eigenvalue weighted by molar-refractivity contribution is -0.136. The topological polar surface area (TPSA) is 66.9 Å². The second-order valence-electron chi connectivity index (χ2n) is 6.72. The van der Waals surface area contributed by atoms with Crippen LogP contribution in [0.15, 0.2) is 24.3 Å². The molecule has 0 aromatic heterocycles. The smallest absolute Gasteiger partial charge is 0.308 e. The summed E-state index contributed by atoms with van der Waals surface area (Å²) in [6.07, 6.45) is 4.29.